The Kier molecular flexibility index (Phi) is 11.5. The van der Waals surface area contributed by atoms with Crippen LogP contribution in [0.4, 0.5) is 0 Å². The molecule has 3 nitrogen and oxygen atoms in total. The first-order chi connectivity index (χ1) is 13.1. The molecule has 2 rings (SSSR count). The Labute approximate surface area is 183 Å². The molecule has 0 aliphatic rings. The van der Waals surface area contributed by atoms with E-state index in [-0.39, 0.29) is 33.0 Å². The zero-order chi connectivity index (χ0) is 19.6. The van der Waals surface area contributed by atoms with E-state index in [9.17, 15) is 4.79 Å². The van der Waals surface area contributed by atoms with Gasteiger partial charge >= 0.3 is 18.9 Å². The summed E-state index contributed by atoms with van der Waals surface area (Å²) in [5.74, 6) is 1.58. The van der Waals surface area contributed by atoms with E-state index < -0.39 is 0 Å². The number of ether oxygens (including phenoxy) is 2. The van der Waals surface area contributed by atoms with Gasteiger partial charge in [-0.2, -0.15) is 0 Å². The fourth-order valence-corrected chi connectivity index (χ4v) is 4.03. The molecule has 0 N–H and O–H groups in total. The molecule has 1 atom stereocenters. The summed E-state index contributed by atoms with van der Waals surface area (Å²) < 4.78 is 11.8. The zero-order valence-electron chi connectivity index (χ0n) is 16.9. The van der Waals surface area contributed by atoms with E-state index >= 15 is 0 Å². The molecule has 28 heavy (non-hydrogen) atoms. The van der Waals surface area contributed by atoms with Crippen LogP contribution in [0.3, 0.4) is 0 Å². The van der Waals surface area contributed by atoms with Gasteiger partial charge in [0.25, 0.3) is 0 Å². The van der Waals surface area contributed by atoms with E-state index in [2.05, 4.69) is 13.8 Å². The van der Waals surface area contributed by atoms with E-state index in [0.717, 1.165) is 59.2 Å². The fourth-order valence-electron chi connectivity index (χ4n) is 2.83. The SMILES string of the molecule is CCCCOc1ccc(PC(=O)c2c(C)cccc2C)c(OCCCC)c1.[LiH]. The predicted octanol–water partition coefficient (Wildman–Crippen LogP) is 5.16. The molecule has 0 bridgehead atoms. The topological polar surface area (TPSA) is 35.5 Å². The molecule has 0 heterocycles. The van der Waals surface area contributed by atoms with Gasteiger partial charge in [0.1, 0.15) is 11.5 Å². The number of hydrogen-bond donors (Lipinski definition) is 0. The molecule has 0 saturated carbocycles. The Bertz CT molecular complexity index is 741. The monoisotopic (exact) mass is 394 g/mol. The van der Waals surface area contributed by atoms with Gasteiger partial charge < -0.3 is 9.47 Å². The number of carbonyl (C=O) groups excluding carboxylic acids is 1. The van der Waals surface area contributed by atoms with Crippen molar-refractivity contribution in [3.63, 3.8) is 0 Å². The van der Waals surface area contributed by atoms with Gasteiger partial charge in [0.15, 0.2) is 5.52 Å². The molecule has 0 radical (unpaired) electrons. The molecule has 0 aliphatic heterocycles. The molecule has 1 unspecified atom stereocenters. The fraction of sp³-hybridized carbons (Fsp3) is 0.435. The quantitative estimate of drug-likeness (QED) is 0.300. The maximum atomic E-state index is 13.0. The Morgan fingerprint density at radius 2 is 1.54 bits per heavy atom. The Morgan fingerprint density at radius 3 is 2.14 bits per heavy atom. The van der Waals surface area contributed by atoms with Crippen LogP contribution in [-0.2, 0) is 0 Å². The third-order valence-corrected chi connectivity index (χ3v) is 5.59. The van der Waals surface area contributed by atoms with Crippen molar-refractivity contribution in [3.05, 3.63) is 53.1 Å². The molecular formula is C23H32LiO3P. The summed E-state index contributed by atoms with van der Waals surface area (Å²) in [6.07, 6.45) is 4.20. The first-order valence-electron chi connectivity index (χ1n) is 9.84. The van der Waals surface area contributed by atoms with Gasteiger partial charge in [0.05, 0.1) is 13.2 Å². The van der Waals surface area contributed by atoms with E-state index in [1.165, 1.54) is 0 Å². The number of unbranched alkanes of at least 4 members (excludes halogenated alkanes) is 2. The molecule has 0 saturated heterocycles. The molecule has 0 aliphatic carbocycles. The van der Waals surface area contributed by atoms with Crippen LogP contribution in [0.2, 0.25) is 0 Å². The standard InChI is InChI=1S/C23H31O3P.Li.H/c1-5-7-14-25-19-12-13-21(20(16-19)26-15-8-6-2)27-23(24)22-17(3)10-9-11-18(22)4;;/h9-13,16,27H,5-8,14-15H2,1-4H3;;. The van der Waals surface area contributed by atoms with E-state index in [0.29, 0.717) is 13.2 Å². The van der Waals surface area contributed by atoms with Crippen LogP contribution in [0.5, 0.6) is 11.5 Å². The van der Waals surface area contributed by atoms with Gasteiger partial charge in [0.2, 0.25) is 0 Å². The minimum atomic E-state index is 0. The summed E-state index contributed by atoms with van der Waals surface area (Å²) in [4.78, 5) is 13.0. The maximum absolute atomic E-state index is 13.0. The van der Waals surface area contributed by atoms with Crippen molar-refractivity contribution in [2.45, 2.75) is 53.4 Å². The van der Waals surface area contributed by atoms with Crippen molar-refractivity contribution in [3.8, 4) is 11.5 Å². The normalized spacial score (nSPS) is 10.7. The van der Waals surface area contributed by atoms with Crippen molar-refractivity contribution >= 4 is 38.3 Å². The number of aryl methyl sites for hydroxylation is 2. The first-order valence-corrected chi connectivity index (χ1v) is 10.8. The third-order valence-electron chi connectivity index (χ3n) is 4.43. The molecule has 2 aromatic rings. The molecular weight excluding hydrogens is 362 g/mol. The minimum absolute atomic E-state index is 0. The van der Waals surface area contributed by atoms with Crippen molar-refractivity contribution in [1.82, 2.24) is 0 Å². The van der Waals surface area contributed by atoms with E-state index in [4.69, 9.17) is 9.47 Å². The summed E-state index contributed by atoms with van der Waals surface area (Å²) in [6, 6.07) is 11.8. The van der Waals surface area contributed by atoms with E-state index in [1.54, 1.807) is 0 Å². The number of benzene rings is 2. The second kappa shape index (κ2) is 13.1. The van der Waals surface area contributed by atoms with Gasteiger partial charge in [-0.3, -0.25) is 4.79 Å². The Hall–Kier alpha value is -1.26. The van der Waals surface area contributed by atoms with Gasteiger partial charge in [0, 0.05) is 16.9 Å². The second-order valence-electron chi connectivity index (χ2n) is 6.78. The Morgan fingerprint density at radius 1 is 0.929 bits per heavy atom. The van der Waals surface area contributed by atoms with Crippen LogP contribution in [0.25, 0.3) is 0 Å². The molecule has 0 fully saturated rings. The summed E-state index contributed by atoms with van der Waals surface area (Å²) >= 11 is 0. The number of carbonyl (C=O) groups is 1. The third kappa shape index (κ3) is 7.29. The predicted molar refractivity (Wildman–Crippen MR) is 123 cm³/mol. The van der Waals surface area contributed by atoms with Crippen LogP contribution < -0.4 is 14.8 Å². The molecule has 2 aromatic carbocycles. The van der Waals surface area contributed by atoms with Crippen LogP contribution in [-0.4, -0.2) is 37.6 Å². The van der Waals surface area contributed by atoms with Crippen LogP contribution >= 0.6 is 8.58 Å². The van der Waals surface area contributed by atoms with Gasteiger partial charge in [-0.25, -0.2) is 0 Å². The summed E-state index contributed by atoms with van der Waals surface area (Å²) in [5.41, 5.74) is 3.05. The van der Waals surface area contributed by atoms with Crippen molar-refractivity contribution < 1.29 is 14.3 Å². The average Bonchev–Trinajstić information content (AvgIpc) is 2.64. The molecule has 0 aromatic heterocycles. The molecule has 0 spiro atoms. The summed E-state index contributed by atoms with van der Waals surface area (Å²) in [7, 11) is 0.0385. The van der Waals surface area contributed by atoms with Crippen LogP contribution in [0.1, 0.15) is 61.0 Å². The van der Waals surface area contributed by atoms with Crippen molar-refractivity contribution in [2.24, 2.45) is 0 Å². The zero-order valence-corrected chi connectivity index (χ0v) is 17.9. The summed E-state index contributed by atoms with van der Waals surface area (Å²) in [6.45, 7) is 9.63. The molecule has 148 valence electrons. The van der Waals surface area contributed by atoms with E-state index in [1.807, 2.05) is 50.2 Å². The summed E-state index contributed by atoms with van der Waals surface area (Å²) in [5, 5.41) is 0.946. The first kappa shape index (κ1) is 24.8. The van der Waals surface area contributed by atoms with Gasteiger partial charge in [-0.1, -0.05) is 44.9 Å². The molecule has 5 heteroatoms. The molecule has 0 amide bonds. The van der Waals surface area contributed by atoms with Gasteiger partial charge in [-0.15, -0.1) is 0 Å². The second-order valence-corrected chi connectivity index (χ2v) is 8.03. The van der Waals surface area contributed by atoms with Crippen molar-refractivity contribution in [2.75, 3.05) is 13.2 Å². The number of rotatable bonds is 11. The van der Waals surface area contributed by atoms with Crippen LogP contribution in [0.15, 0.2) is 36.4 Å². The van der Waals surface area contributed by atoms with Crippen LogP contribution in [0, 0.1) is 13.8 Å². The van der Waals surface area contributed by atoms with Crippen molar-refractivity contribution in [1.29, 1.82) is 0 Å². The Balaban J connectivity index is 0.00000392. The average molecular weight is 394 g/mol. The number of hydrogen-bond acceptors (Lipinski definition) is 3. The van der Waals surface area contributed by atoms with Gasteiger partial charge in [-0.05, 0) is 58.5 Å².